The molecule has 0 spiro atoms. The molecular formula is C19H18N2O5S. The van der Waals surface area contributed by atoms with Crippen LogP contribution in [-0.4, -0.2) is 21.6 Å². The molecule has 0 atom stereocenters. The second-order valence-electron chi connectivity index (χ2n) is 6.33. The van der Waals surface area contributed by atoms with E-state index in [1.165, 1.54) is 18.3 Å². The van der Waals surface area contributed by atoms with Crippen molar-refractivity contribution in [1.82, 2.24) is 0 Å². The Labute approximate surface area is 156 Å². The van der Waals surface area contributed by atoms with Crippen LogP contribution in [0.4, 0.5) is 5.69 Å². The molecule has 1 fully saturated rings. The van der Waals surface area contributed by atoms with E-state index in [2.05, 4.69) is 4.72 Å². The van der Waals surface area contributed by atoms with Gasteiger partial charge in [-0.3, -0.25) is 4.72 Å². The lowest BCUT2D eigenvalue weighted by molar-refractivity contribution is -0.577. The van der Waals surface area contributed by atoms with E-state index in [9.17, 15) is 13.6 Å². The van der Waals surface area contributed by atoms with Crippen molar-refractivity contribution in [3.8, 4) is 0 Å². The maximum absolute atomic E-state index is 12.7. The quantitative estimate of drug-likeness (QED) is 0.550. The van der Waals surface area contributed by atoms with Crippen LogP contribution < -0.4 is 9.45 Å². The highest BCUT2D eigenvalue weighted by Gasteiger charge is 2.24. The van der Waals surface area contributed by atoms with Crippen molar-refractivity contribution >= 4 is 26.6 Å². The van der Waals surface area contributed by atoms with Crippen LogP contribution in [0.1, 0.15) is 17.4 Å². The molecule has 3 aromatic rings. The van der Waals surface area contributed by atoms with Crippen molar-refractivity contribution < 1.29 is 22.6 Å². The van der Waals surface area contributed by atoms with Gasteiger partial charge >= 0.3 is 0 Å². The molecule has 0 aliphatic carbocycles. The Kier molecular flexibility index (Phi) is 4.47. The van der Waals surface area contributed by atoms with Gasteiger partial charge in [0.2, 0.25) is 5.52 Å². The monoisotopic (exact) mass is 386 g/mol. The van der Waals surface area contributed by atoms with E-state index < -0.39 is 16.3 Å². The molecule has 2 aromatic carbocycles. The zero-order valence-corrected chi connectivity index (χ0v) is 15.4. The predicted octanol–water partition coefficient (Wildman–Crippen LogP) is 2.63. The molecule has 0 amide bonds. The summed E-state index contributed by atoms with van der Waals surface area (Å²) in [6, 6.07) is 13.3. The van der Waals surface area contributed by atoms with Crippen molar-refractivity contribution in [2.75, 3.05) is 17.9 Å². The van der Waals surface area contributed by atoms with Crippen LogP contribution in [0.15, 0.2) is 59.6 Å². The number of hydrogen-bond donors (Lipinski definition) is 1. The average molecular weight is 386 g/mol. The number of nitrogens with one attached hydrogen (secondary N) is 1. The van der Waals surface area contributed by atoms with Crippen molar-refractivity contribution in [1.29, 1.82) is 0 Å². The second-order valence-corrected chi connectivity index (χ2v) is 8.02. The maximum atomic E-state index is 12.7. The molecule has 1 saturated heterocycles. The number of rotatable bonds is 4. The SMILES string of the molecule is Cc1ccc(S(=O)(=O)Nc2cccc3cc(C4OCCO4)c[n+]([O-])c23)cc1. The number of sulfonamides is 1. The summed E-state index contributed by atoms with van der Waals surface area (Å²) in [6.45, 7) is 2.82. The number of nitrogens with zero attached hydrogens (tertiary/aromatic N) is 1. The summed E-state index contributed by atoms with van der Waals surface area (Å²) < 4.78 is 39.4. The average Bonchev–Trinajstić information content (AvgIpc) is 3.16. The predicted molar refractivity (Wildman–Crippen MR) is 99.5 cm³/mol. The third-order valence-corrected chi connectivity index (χ3v) is 5.73. The van der Waals surface area contributed by atoms with Crippen molar-refractivity contribution in [3.05, 3.63) is 71.1 Å². The summed E-state index contributed by atoms with van der Waals surface area (Å²) in [5.74, 6) is 0. The molecule has 7 nitrogen and oxygen atoms in total. The molecule has 1 aromatic heterocycles. The lowest BCUT2D eigenvalue weighted by atomic mass is 10.1. The molecule has 0 unspecified atom stereocenters. The van der Waals surface area contributed by atoms with E-state index >= 15 is 0 Å². The normalized spacial score (nSPS) is 15.3. The summed E-state index contributed by atoms with van der Waals surface area (Å²) in [6.07, 6.45) is 0.768. The number of aromatic nitrogens is 1. The fourth-order valence-corrected chi connectivity index (χ4v) is 4.09. The number of aryl methyl sites for hydroxylation is 1. The van der Waals surface area contributed by atoms with E-state index in [-0.39, 0.29) is 16.1 Å². The molecule has 0 saturated carbocycles. The standard InChI is InChI=1S/C19H18N2O5S/c1-13-5-7-16(8-6-13)27(23,24)20-17-4-2-3-14-11-15(12-21(22)18(14)17)19-25-9-10-26-19/h2-8,11-12,19-20H,9-10H2,1H3. The van der Waals surface area contributed by atoms with E-state index in [4.69, 9.17) is 9.47 Å². The minimum atomic E-state index is -3.82. The number of fused-ring (bicyclic) bond motifs is 1. The van der Waals surface area contributed by atoms with Crippen molar-refractivity contribution in [2.24, 2.45) is 0 Å². The van der Waals surface area contributed by atoms with Crippen molar-refractivity contribution in [2.45, 2.75) is 18.1 Å². The molecule has 0 bridgehead atoms. The van der Waals surface area contributed by atoms with Gasteiger partial charge in [0.1, 0.15) is 5.69 Å². The highest BCUT2D eigenvalue weighted by molar-refractivity contribution is 7.92. The first-order valence-corrected chi connectivity index (χ1v) is 9.91. The summed E-state index contributed by atoms with van der Waals surface area (Å²) >= 11 is 0. The van der Waals surface area contributed by atoms with Gasteiger partial charge in [-0.05, 0) is 37.3 Å². The van der Waals surface area contributed by atoms with Crippen LogP contribution in [0.3, 0.4) is 0 Å². The maximum Gasteiger partial charge on any atom is 0.262 e. The van der Waals surface area contributed by atoms with Gasteiger partial charge in [-0.15, -0.1) is 0 Å². The van der Waals surface area contributed by atoms with Gasteiger partial charge in [0, 0.05) is 0 Å². The largest absolute Gasteiger partial charge is 0.618 e. The van der Waals surface area contributed by atoms with E-state index in [1.54, 1.807) is 36.4 Å². The topological polar surface area (TPSA) is 91.6 Å². The number of hydrogen-bond acceptors (Lipinski definition) is 5. The second kappa shape index (κ2) is 6.80. The molecule has 4 rings (SSSR count). The highest BCUT2D eigenvalue weighted by atomic mass is 32.2. The minimum absolute atomic E-state index is 0.131. The first-order chi connectivity index (χ1) is 12.9. The highest BCUT2D eigenvalue weighted by Crippen LogP contribution is 2.28. The number of pyridine rings is 1. The Morgan fingerprint density at radius 3 is 2.52 bits per heavy atom. The molecule has 140 valence electrons. The molecule has 2 heterocycles. The smallest absolute Gasteiger partial charge is 0.262 e. The third kappa shape index (κ3) is 3.46. The van der Waals surface area contributed by atoms with Gasteiger partial charge in [0.25, 0.3) is 10.0 Å². The summed E-state index contributed by atoms with van der Waals surface area (Å²) in [4.78, 5) is 0.131. The van der Waals surface area contributed by atoms with Crippen LogP contribution >= 0.6 is 0 Å². The van der Waals surface area contributed by atoms with Crippen LogP contribution in [0.2, 0.25) is 0 Å². The zero-order chi connectivity index (χ0) is 19.0. The number of anilines is 1. The molecular weight excluding hydrogens is 368 g/mol. The van der Waals surface area contributed by atoms with Gasteiger partial charge in [-0.2, -0.15) is 4.73 Å². The van der Waals surface area contributed by atoms with Crippen LogP contribution in [-0.2, 0) is 19.5 Å². The first-order valence-electron chi connectivity index (χ1n) is 8.42. The molecule has 1 aliphatic rings. The van der Waals surface area contributed by atoms with Gasteiger partial charge < -0.3 is 14.7 Å². The molecule has 0 radical (unpaired) electrons. The fourth-order valence-electron chi connectivity index (χ4n) is 3.02. The fraction of sp³-hybridized carbons (Fsp3) is 0.211. The lowest BCUT2D eigenvalue weighted by Crippen LogP contribution is -2.29. The van der Waals surface area contributed by atoms with E-state index in [1.807, 2.05) is 6.92 Å². The van der Waals surface area contributed by atoms with Gasteiger partial charge in [-0.1, -0.05) is 23.8 Å². The van der Waals surface area contributed by atoms with Crippen LogP contribution in [0.5, 0.6) is 0 Å². The minimum Gasteiger partial charge on any atom is -0.618 e. The molecule has 8 heteroatoms. The zero-order valence-electron chi connectivity index (χ0n) is 14.6. The molecule has 1 aliphatic heterocycles. The third-order valence-electron chi connectivity index (χ3n) is 4.35. The number of benzene rings is 2. The van der Waals surface area contributed by atoms with Gasteiger partial charge in [0.05, 0.1) is 29.1 Å². The van der Waals surface area contributed by atoms with Crippen molar-refractivity contribution in [3.63, 3.8) is 0 Å². The Hall–Kier alpha value is -2.68. The van der Waals surface area contributed by atoms with Crippen LogP contribution in [0, 0.1) is 12.1 Å². The Bertz CT molecular complexity index is 1090. The van der Waals surface area contributed by atoms with Gasteiger partial charge in [0.15, 0.2) is 12.5 Å². The Morgan fingerprint density at radius 2 is 1.81 bits per heavy atom. The van der Waals surface area contributed by atoms with Gasteiger partial charge in [-0.25, -0.2) is 8.42 Å². The summed E-state index contributed by atoms with van der Waals surface area (Å²) in [5, 5.41) is 13.2. The molecule has 1 N–H and O–H groups in total. The van der Waals surface area contributed by atoms with E-state index in [0.29, 0.717) is 28.9 Å². The van der Waals surface area contributed by atoms with E-state index in [0.717, 1.165) is 5.56 Å². The summed E-state index contributed by atoms with van der Waals surface area (Å²) in [7, 11) is -3.82. The first kappa shape index (κ1) is 17.7. The Balaban J connectivity index is 1.74. The number of ether oxygens (including phenoxy) is 2. The van der Waals surface area contributed by atoms with Crippen LogP contribution in [0.25, 0.3) is 10.9 Å². The summed E-state index contributed by atoms with van der Waals surface area (Å²) in [5.41, 5.74) is 1.99. The molecule has 27 heavy (non-hydrogen) atoms. The lowest BCUT2D eigenvalue weighted by Gasteiger charge is -2.13. The number of para-hydroxylation sites is 1. The Morgan fingerprint density at radius 1 is 1.11 bits per heavy atom.